The number of fused-ring (bicyclic) bond motifs is 1. The Morgan fingerprint density at radius 3 is 2.52 bits per heavy atom. The van der Waals surface area contributed by atoms with E-state index in [4.69, 9.17) is 0 Å². The molecule has 3 fully saturated rings. The van der Waals surface area contributed by atoms with Crippen LogP contribution in [0.15, 0.2) is 18.3 Å². The number of aromatic nitrogens is 1. The van der Waals surface area contributed by atoms with E-state index in [2.05, 4.69) is 15.5 Å². The largest absolute Gasteiger partial charge is 0.344 e. The van der Waals surface area contributed by atoms with E-state index >= 15 is 13.2 Å². The van der Waals surface area contributed by atoms with E-state index in [-0.39, 0.29) is 24.4 Å². The second kappa shape index (κ2) is 8.64. The molecule has 1 aromatic heterocycles. The number of carbonyl (C=O) groups excluding carboxylic acids is 2. The first-order chi connectivity index (χ1) is 15.8. The molecule has 0 aliphatic carbocycles. The van der Waals surface area contributed by atoms with Gasteiger partial charge in [0.15, 0.2) is 11.6 Å². The van der Waals surface area contributed by atoms with E-state index in [1.54, 1.807) is 12.3 Å². The van der Waals surface area contributed by atoms with E-state index in [0.717, 1.165) is 30.8 Å². The summed E-state index contributed by atoms with van der Waals surface area (Å²) in [5.41, 5.74) is -1.15. The number of nitrogens with one attached hydrogen (secondary N) is 2. The van der Waals surface area contributed by atoms with Crippen LogP contribution in [-0.4, -0.2) is 66.3 Å². The van der Waals surface area contributed by atoms with Crippen molar-refractivity contribution < 1.29 is 22.8 Å². The van der Waals surface area contributed by atoms with Crippen LogP contribution >= 0.6 is 0 Å². The molecule has 0 atom stereocenters. The predicted molar refractivity (Wildman–Crippen MR) is 118 cm³/mol. The van der Waals surface area contributed by atoms with Crippen molar-refractivity contribution in [2.45, 2.75) is 43.8 Å². The fourth-order valence-corrected chi connectivity index (χ4v) is 5.35. The summed E-state index contributed by atoms with van der Waals surface area (Å²) in [4.78, 5) is 26.6. The molecule has 2 N–H and O–H groups in total. The summed E-state index contributed by atoms with van der Waals surface area (Å²) in [6.45, 7) is 3.23. The van der Waals surface area contributed by atoms with Crippen LogP contribution < -0.4 is 15.5 Å². The molecule has 4 heterocycles. The summed E-state index contributed by atoms with van der Waals surface area (Å²) < 4.78 is 47.3. The molecule has 0 radical (unpaired) electrons. The zero-order chi connectivity index (χ0) is 23.2. The van der Waals surface area contributed by atoms with Gasteiger partial charge in [-0.05, 0) is 44.8 Å². The summed E-state index contributed by atoms with van der Waals surface area (Å²) >= 11 is 0. The number of alkyl halides is 1. The van der Waals surface area contributed by atoms with Crippen LogP contribution in [0.25, 0.3) is 10.9 Å². The smallest absolute Gasteiger partial charge is 0.328 e. The second-order valence-electron chi connectivity index (χ2n) is 9.34. The van der Waals surface area contributed by atoms with Crippen molar-refractivity contribution in [2.75, 3.05) is 44.2 Å². The van der Waals surface area contributed by atoms with E-state index in [1.165, 1.54) is 6.07 Å². The molecule has 10 heteroatoms. The molecule has 5 rings (SSSR count). The van der Waals surface area contributed by atoms with Crippen molar-refractivity contribution in [3.05, 3.63) is 30.0 Å². The van der Waals surface area contributed by atoms with Crippen molar-refractivity contribution in [1.29, 1.82) is 0 Å². The molecular formula is C23H28F3N5O2. The van der Waals surface area contributed by atoms with Gasteiger partial charge in [0.05, 0.1) is 5.52 Å². The molecular weight excluding hydrogens is 435 g/mol. The highest BCUT2D eigenvalue weighted by Gasteiger charge is 2.35. The lowest BCUT2D eigenvalue weighted by molar-refractivity contribution is -0.120. The number of nitrogens with zero attached hydrogens (tertiary/aromatic N) is 3. The number of carbonyl (C=O) groups is 2. The van der Waals surface area contributed by atoms with Crippen LogP contribution in [0.4, 0.5) is 23.7 Å². The second-order valence-corrected chi connectivity index (χ2v) is 9.34. The molecule has 3 saturated heterocycles. The first-order valence-corrected chi connectivity index (χ1v) is 11.6. The highest BCUT2D eigenvalue weighted by atomic mass is 19.1. The van der Waals surface area contributed by atoms with E-state index in [9.17, 15) is 9.59 Å². The van der Waals surface area contributed by atoms with Gasteiger partial charge in [0, 0.05) is 56.3 Å². The Balaban J connectivity index is 1.33. The van der Waals surface area contributed by atoms with Crippen LogP contribution in [0.1, 0.15) is 38.1 Å². The fourth-order valence-electron chi connectivity index (χ4n) is 5.35. The fraction of sp³-hybridized carbons (Fsp3) is 0.565. The summed E-state index contributed by atoms with van der Waals surface area (Å²) in [6, 6.07) is 2.09. The molecule has 2 aromatic rings. The predicted octanol–water partition coefficient (Wildman–Crippen LogP) is 3.09. The molecule has 7 nitrogen and oxygen atoms in total. The highest BCUT2D eigenvalue weighted by molar-refractivity contribution is 6.06. The lowest BCUT2D eigenvalue weighted by atomic mass is 9.92. The van der Waals surface area contributed by atoms with Gasteiger partial charge in [0.2, 0.25) is 5.91 Å². The Kier molecular flexibility index (Phi) is 5.82. The van der Waals surface area contributed by atoms with Crippen molar-refractivity contribution in [3.63, 3.8) is 0 Å². The van der Waals surface area contributed by atoms with Gasteiger partial charge in [-0.15, -0.1) is 0 Å². The number of halogens is 3. The molecule has 33 heavy (non-hydrogen) atoms. The standard InChI is InChI=1S/C23H28F3N5O2/c24-17-13-18-16(20(25)21(17)31-12-4-19(32)28-22(31)33)3-11-30(18)15-1-9-29(10-2-15)14-23(26)5-7-27-8-6-23/h3,11,13,15,27H,1-2,4-10,12,14H2,(H,28,32,33). The van der Waals surface area contributed by atoms with Crippen LogP contribution in [-0.2, 0) is 4.79 Å². The Bertz CT molecular complexity index is 1070. The van der Waals surface area contributed by atoms with Crippen LogP contribution in [0.2, 0.25) is 0 Å². The molecule has 0 unspecified atom stereocenters. The topological polar surface area (TPSA) is 69.6 Å². The maximum Gasteiger partial charge on any atom is 0.328 e. The molecule has 3 aliphatic rings. The van der Waals surface area contributed by atoms with Crippen LogP contribution in [0.5, 0.6) is 0 Å². The van der Waals surface area contributed by atoms with Gasteiger partial charge in [-0.3, -0.25) is 15.0 Å². The lowest BCUT2D eigenvalue weighted by Gasteiger charge is -2.39. The Labute approximate surface area is 189 Å². The number of likely N-dealkylation sites (tertiary alicyclic amines) is 1. The van der Waals surface area contributed by atoms with Gasteiger partial charge in [0.25, 0.3) is 0 Å². The average molecular weight is 464 g/mol. The zero-order valence-electron chi connectivity index (χ0n) is 18.4. The number of urea groups is 1. The summed E-state index contributed by atoms with van der Waals surface area (Å²) in [6.07, 6.45) is 4.32. The third-order valence-electron chi connectivity index (χ3n) is 7.17. The molecule has 0 bridgehead atoms. The first kappa shape index (κ1) is 22.2. The van der Waals surface area contributed by atoms with Crippen molar-refractivity contribution in [1.82, 2.24) is 20.1 Å². The number of anilines is 1. The Hall–Kier alpha value is -2.59. The highest BCUT2D eigenvalue weighted by Crippen LogP contribution is 2.36. The lowest BCUT2D eigenvalue weighted by Crippen LogP contribution is -2.50. The van der Waals surface area contributed by atoms with Crippen molar-refractivity contribution in [3.8, 4) is 0 Å². The van der Waals surface area contributed by atoms with Gasteiger partial charge in [-0.1, -0.05) is 0 Å². The number of hydrogen-bond donors (Lipinski definition) is 2. The molecule has 3 amide bonds. The van der Waals surface area contributed by atoms with Crippen molar-refractivity contribution >= 4 is 28.5 Å². The summed E-state index contributed by atoms with van der Waals surface area (Å²) in [7, 11) is 0. The summed E-state index contributed by atoms with van der Waals surface area (Å²) in [5, 5.41) is 5.53. The maximum atomic E-state index is 15.3. The van der Waals surface area contributed by atoms with Gasteiger partial charge in [-0.2, -0.15) is 0 Å². The van der Waals surface area contributed by atoms with Crippen LogP contribution in [0, 0.1) is 11.6 Å². The number of imide groups is 1. The van der Waals surface area contributed by atoms with E-state index in [1.807, 2.05) is 4.57 Å². The zero-order valence-corrected chi connectivity index (χ0v) is 18.4. The minimum Gasteiger partial charge on any atom is -0.344 e. The molecule has 1 aromatic carbocycles. The molecule has 0 saturated carbocycles. The monoisotopic (exact) mass is 463 g/mol. The number of amides is 3. The molecule has 178 valence electrons. The van der Waals surface area contributed by atoms with Gasteiger partial charge in [-0.25, -0.2) is 18.0 Å². The van der Waals surface area contributed by atoms with Gasteiger partial charge in [0.1, 0.15) is 11.4 Å². The van der Waals surface area contributed by atoms with Gasteiger partial charge < -0.3 is 14.8 Å². The molecule has 3 aliphatic heterocycles. The minimum atomic E-state index is -1.15. The Morgan fingerprint density at radius 1 is 1.09 bits per heavy atom. The van der Waals surface area contributed by atoms with Crippen LogP contribution in [0.3, 0.4) is 0 Å². The number of hydrogen-bond acceptors (Lipinski definition) is 4. The van der Waals surface area contributed by atoms with Crippen molar-refractivity contribution in [2.24, 2.45) is 0 Å². The number of piperidine rings is 2. The average Bonchev–Trinajstić information content (AvgIpc) is 3.20. The SMILES string of the molecule is O=C1CCN(c2c(F)cc3c(ccn3C3CCN(CC4(F)CCNCC4)CC3)c2F)C(=O)N1. The third-order valence-corrected chi connectivity index (χ3v) is 7.17. The first-order valence-electron chi connectivity index (χ1n) is 11.6. The normalized spacial score (nSPS) is 22.7. The third kappa shape index (κ3) is 4.21. The van der Waals surface area contributed by atoms with E-state index in [0.29, 0.717) is 38.0 Å². The quantitative estimate of drug-likeness (QED) is 0.731. The van der Waals surface area contributed by atoms with Gasteiger partial charge >= 0.3 is 6.03 Å². The number of rotatable bonds is 4. The maximum absolute atomic E-state index is 15.3. The van der Waals surface area contributed by atoms with E-state index < -0.39 is 34.9 Å². The minimum absolute atomic E-state index is 0.0150. The molecule has 0 spiro atoms. The summed E-state index contributed by atoms with van der Waals surface area (Å²) in [5.74, 6) is -2.11. The Morgan fingerprint density at radius 2 is 1.82 bits per heavy atom. The number of benzene rings is 1.